The Labute approximate surface area is 100 Å². The van der Waals surface area contributed by atoms with E-state index in [0.717, 1.165) is 10.0 Å². The van der Waals surface area contributed by atoms with Crippen molar-refractivity contribution in [2.45, 2.75) is 12.4 Å². The number of alkyl halides is 1. The predicted molar refractivity (Wildman–Crippen MR) is 60.6 cm³/mol. The molecule has 0 fully saturated rings. The van der Waals surface area contributed by atoms with Gasteiger partial charge in [-0.3, -0.25) is 0 Å². The zero-order valence-corrected chi connectivity index (χ0v) is 10.1. The molecular weight excluding hydrogens is 279 g/mol. The Morgan fingerprint density at radius 3 is 2.67 bits per heavy atom. The number of benzene rings is 1. The number of nitrogens with zero attached hydrogens (tertiary/aromatic N) is 4. The molecule has 0 atom stereocenters. The van der Waals surface area contributed by atoms with Gasteiger partial charge >= 0.3 is 0 Å². The summed E-state index contributed by atoms with van der Waals surface area (Å²) in [7, 11) is 0. The second kappa shape index (κ2) is 4.72. The van der Waals surface area contributed by atoms with E-state index in [1.807, 2.05) is 24.3 Å². The molecule has 0 N–H and O–H groups in total. The molecule has 6 heteroatoms. The number of rotatable bonds is 3. The molecule has 0 aliphatic rings. The first-order chi connectivity index (χ1) is 7.29. The SMILES string of the molecule is ClCc1nnnn1Cc1ccc(Br)cc1. The summed E-state index contributed by atoms with van der Waals surface area (Å²) in [5.74, 6) is 1.00. The fourth-order valence-electron chi connectivity index (χ4n) is 1.20. The Kier molecular flexibility index (Phi) is 3.33. The van der Waals surface area contributed by atoms with Crippen LogP contribution in [0.2, 0.25) is 0 Å². The molecule has 0 aliphatic heterocycles. The molecule has 0 saturated heterocycles. The van der Waals surface area contributed by atoms with Crippen molar-refractivity contribution in [2.75, 3.05) is 0 Å². The van der Waals surface area contributed by atoms with E-state index in [-0.39, 0.29) is 0 Å². The van der Waals surface area contributed by atoms with Crippen LogP contribution in [0.5, 0.6) is 0 Å². The van der Waals surface area contributed by atoms with E-state index in [1.165, 1.54) is 0 Å². The highest BCUT2D eigenvalue weighted by molar-refractivity contribution is 9.10. The van der Waals surface area contributed by atoms with Crippen LogP contribution in [0.3, 0.4) is 0 Å². The molecule has 0 unspecified atom stereocenters. The van der Waals surface area contributed by atoms with Crippen LogP contribution < -0.4 is 0 Å². The monoisotopic (exact) mass is 286 g/mol. The lowest BCUT2D eigenvalue weighted by Crippen LogP contribution is -2.05. The molecule has 0 saturated carbocycles. The first-order valence-corrected chi connectivity index (χ1v) is 5.68. The second-order valence-electron chi connectivity index (χ2n) is 3.01. The molecular formula is C9H8BrClN4. The third-order valence-corrected chi connectivity index (χ3v) is 2.74. The lowest BCUT2D eigenvalue weighted by Gasteiger charge is -2.02. The van der Waals surface area contributed by atoms with Crippen molar-refractivity contribution in [3.8, 4) is 0 Å². The highest BCUT2D eigenvalue weighted by Gasteiger charge is 2.04. The van der Waals surface area contributed by atoms with Crippen molar-refractivity contribution in [3.05, 3.63) is 40.1 Å². The van der Waals surface area contributed by atoms with Crippen LogP contribution in [0.25, 0.3) is 0 Å². The maximum atomic E-state index is 5.69. The van der Waals surface area contributed by atoms with Crippen LogP contribution in [0, 0.1) is 0 Å². The molecule has 2 aromatic rings. The van der Waals surface area contributed by atoms with Crippen LogP contribution in [0.4, 0.5) is 0 Å². The van der Waals surface area contributed by atoms with Crippen molar-refractivity contribution in [1.29, 1.82) is 0 Å². The summed E-state index contributed by atoms with van der Waals surface area (Å²) >= 11 is 9.08. The standard InChI is InChI=1S/C9H8BrClN4/c10-8-3-1-7(2-4-8)6-15-9(5-11)12-13-14-15/h1-4H,5-6H2. The van der Waals surface area contributed by atoms with Gasteiger partial charge in [0, 0.05) is 4.47 Å². The van der Waals surface area contributed by atoms with Crippen molar-refractivity contribution in [1.82, 2.24) is 20.2 Å². The predicted octanol–water partition coefficient (Wildman–Crippen LogP) is 2.22. The smallest absolute Gasteiger partial charge is 0.166 e. The molecule has 0 amide bonds. The summed E-state index contributed by atoms with van der Waals surface area (Å²) in [5, 5.41) is 11.2. The van der Waals surface area contributed by atoms with Crippen LogP contribution in [0.15, 0.2) is 28.7 Å². The van der Waals surface area contributed by atoms with E-state index in [9.17, 15) is 0 Å². The van der Waals surface area contributed by atoms with Gasteiger partial charge in [-0.25, -0.2) is 4.68 Å². The highest BCUT2D eigenvalue weighted by atomic mass is 79.9. The zero-order valence-electron chi connectivity index (χ0n) is 7.77. The lowest BCUT2D eigenvalue weighted by molar-refractivity contribution is 0.630. The summed E-state index contributed by atoms with van der Waals surface area (Å²) in [5.41, 5.74) is 1.14. The minimum Gasteiger partial charge on any atom is -0.224 e. The molecule has 0 spiro atoms. The first-order valence-electron chi connectivity index (χ1n) is 4.35. The molecule has 0 bridgehead atoms. The van der Waals surface area contributed by atoms with Crippen LogP contribution in [-0.4, -0.2) is 20.2 Å². The normalized spacial score (nSPS) is 10.5. The summed E-state index contributed by atoms with van der Waals surface area (Å²) in [6.07, 6.45) is 0. The summed E-state index contributed by atoms with van der Waals surface area (Å²) < 4.78 is 2.75. The highest BCUT2D eigenvalue weighted by Crippen LogP contribution is 2.11. The molecule has 4 nitrogen and oxygen atoms in total. The number of hydrogen-bond donors (Lipinski definition) is 0. The van der Waals surface area contributed by atoms with Gasteiger partial charge in [0.15, 0.2) is 5.82 Å². The van der Waals surface area contributed by atoms with E-state index in [4.69, 9.17) is 11.6 Å². The number of hydrogen-bond acceptors (Lipinski definition) is 3. The van der Waals surface area contributed by atoms with E-state index < -0.39 is 0 Å². The molecule has 2 rings (SSSR count). The quantitative estimate of drug-likeness (QED) is 0.813. The van der Waals surface area contributed by atoms with Gasteiger partial charge in [0.2, 0.25) is 0 Å². The minimum absolute atomic E-state index is 0.323. The van der Waals surface area contributed by atoms with Crippen LogP contribution in [-0.2, 0) is 12.4 Å². The van der Waals surface area contributed by atoms with Gasteiger partial charge in [0.05, 0.1) is 12.4 Å². The van der Waals surface area contributed by atoms with Gasteiger partial charge in [0.25, 0.3) is 0 Å². The fraction of sp³-hybridized carbons (Fsp3) is 0.222. The van der Waals surface area contributed by atoms with Gasteiger partial charge in [-0.05, 0) is 28.1 Å². The average Bonchev–Trinajstić information content (AvgIpc) is 2.69. The third-order valence-electron chi connectivity index (χ3n) is 1.97. The molecule has 15 heavy (non-hydrogen) atoms. The third kappa shape index (κ3) is 2.54. The number of aromatic nitrogens is 4. The van der Waals surface area contributed by atoms with Crippen molar-refractivity contribution in [2.24, 2.45) is 0 Å². The molecule has 1 aromatic carbocycles. The van der Waals surface area contributed by atoms with Crippen LogP contribution >= 0.6 is 27.5 Å². The number of tetrazole rings is 1. The fourth-order valence-corrected chi connectivity index (χ4v) is 1.66. The number of halogens is 2. The molecule has 0 radical (unpaired) electrons. The van der Waals surface area contributed by atoms with E-state index in [0.29, 0.717) is 18.2 Å². The van der Waals surface area contributed by atoms with E-state index in [2.05, 4.69) is 31.5 Å². The Hall–Kier alpha value is -0.940. The Balaban J connectivity index is 2.18. The van der Waals surface area contributed by atoms with Gasteiger partial charge in [0.1, 0.15) is 0 Å². The summed E-state index contributed by atoms with van der Waals surface area (Å²) in [4.78, 5) is 0. The van der Waals surface area contributed by atoms with Gasteiger partial charge in [-0.15, -0.1) is 16.7 Å². The van der Waals surface area contributed by atoms with Crippen LogP contribution in [0.1, 0.15) is 11.4 Å². The van der Waals surface area contributed by atoms with Crippen molar-refractivity contribution >= 4 is 27.5 Å². The van der Waals surface area contributed by atoms with E-state index >= 15 is 0 Å². The maximum absolute atomic E-state index is 5.69. The topological polar surface area (TPSA) is 43.6 Å². The van der Waals surface area contributed by atoms with Gasteiger partial charge < -0.3 is 0 Å². The van der Waals surface area contributed by atoms with Gasteiger partial charge in [-0.2, -0.15) is 0 Å². The first kappa shape index (κ1) is 10.6. The second-order valence-corrected chi connectivity index (χ2v) is 4.20. The van der Waals surface area contributed by atoms with Crippen molar-refractivity contribution in [3.63, 3.8) is 0 Å². The summed E-state index contributed by atoms with van der Waals surface area (Å²) in [6, 6.07) is 8.01. The Bertz CT molecular complexity index is 440. The summed E-state index contributed by atoms with van der Waals surface area (Å²) in [6.45, 7) is 0.641. The molecule has 78 valence electrons. The van der Waals surface area contributed by atoms with E-state index in [1.54, 1.807) is 4.68 Å². The Morgan fingerprint density at radius 1 is 1.27 bits per heavy atom. The van der Waals surface area contributed by atoms with Crippen molar-refractivity contribution < 1.29 is 0 Å². The Morgan fingerprint density at radius 2 is 2.00 bits per heavy atom. The molecule has 1 aromatic heterocycles. The molecule has 0 aliphatic carbocycles. The molecule has 1 heterocycles. The van der Waals surface area contributed by atoms with Gasteiger partial charge in [-0.1, -0.05) is 28.1 Å². The zero-order chi connectivity index (χ0) is 10.7. The minimum atomic E-state index is 0.323. The largest absolute Gasteiger partial charge is 0.224 e. The maximum Gasteiger partial charge on any atom is 0.166 e. The average molecular weight is 288 g/mol. The lowest BCUT2D eigenvalue weighted by atomic mass is 10.2.